The zero-order valence-corrected chi connectivity index (χ0v) is 11.1. The molecule has 0 saturated carbocycles. The maximum Gasteiger partial charge on any atom is 0.262 e. The number of nitriles is 1. The van der Waals surface area contributed by atoms with Crippen molar-refractivity contribution in [3.8, 4) is 6.07 Å². The summed E-state index contributed by atoms with van der Waals surface area (Å²) in [6.07, 6.45) is 0. The summed E-state index contributed by atoms with van der Waals surface area (Å²) >= 11 is 8.65. The Hall–Kier alpha value is -0.280. The van der Waals surface area contributed by atoms with Gasteiger partial charge in [-0.25, -0.2) is 8.42 Å². The van der Waals surface area contributed by atoms with Gasteiger partial charge >= 0.3 is 0 Å². The van der Waals surface area contributed by atoms with Crippen LogP contribution in [0.15, 0.2) is 21.5 Å². The first-order valence-corrected chi connectivity index (χ1v) is 7.27. The lowest BCUT2D eigenvalue weighted by Gasteiger charge is -2.07. The predicted molar refractivity (Wildman–Crippen MR) is 61.5 cm³/mol. The number of hydrogen-bond acceptors (Lipinski definition) is 3. The minimum atomic E-state index is -3.92. The van der Waals surface area contributed by atoms with Crippen molar-refractivity contribution in [3.05, 3.63) is 27.7 Å². The van der Waals surface area contributed by atoms with Crippen LogP contribution in [-0.2, 0) is 14.9 Å². The Bertz CT molecular complexity index is 536. The van der Waals surface area contributed by atoms with Crippen molar-refractivity contribution in [2.75, 3.05) is 0 Å². The van der Waals surface area contributed by atoms with E-state index in [1.807, 2.05) is 6.07 Å². The van der Waals surface area contributed by atoms with Crippen molar-refractivity contribution in [1.29, 1.82) is 5.26 Å². The molecule has 0 aliphatic carbocycles. The van der Waals surface area contributed by atoms with E-state index in [1.165, 1.54) is 12.1 Å². The molecular formula is C8H4BrCl2NO2S. The number of alkyl halides is 1. The molecule has 0 atom stereocenters. The molecule has 15 heavy (non-hydrogen) atoms. The maximum atomic E-state index is 11.3. The fourth-order valence-electron chi connectivity index (χ4n) is 1.10. The molecule has 1 rings (SSSR count). The lowest BCUT2D eigenvalue weighted by atomic mass is 10.1. The van der Waals surface area contributed by atoms with E-state index in [-0.39, 0.29) is 21.9 Å². The SMILES string of the molecule is N#Cc1ccc(Br)c(S(=O)(=O)Cl)c1CCl. The molecule has 1 aromatic carbocycles. The first-order chi connectivity index (χ1) is 6.91. The van der Waals surface area contributed by atoms with E-state index in [1.54, 1.807) is 0 Å². The normalized spacial score (nSPS) is 11.1. The molecule has 0 fully saturated rings. The van der Waals surface area contributed by atoms with Crippen LogP contribution < -0.4 is 0 Å². The molecule has 0 bridgehead atoms. The second kappa shape index (κ2) is 4.71. The summed E-state index contributed by atoms with van der Waals surface area (Å²) in [6.45, 7) is 0. The predicted octanol–water partition coefficient (Wildman–Crippen LogP) is 2.99. The molecule has 0 aliphatic heterocycles. The Morgan fingerprint density at radius 2 is 2.07 bits per heavy atom. The molecule has 1 aromatic rings. The first kappa shape index (κ1) is 12.8. The summed E-state index contributed by atoms with van der Waals surface area (Å²) in [5.74, 6) is -0.0936. The van der Waals surface area contributed by atoms with Crippen LogP contribution in [0.2, 0.25) is 0 Å². The Balaban J connectivity index is 3.71. The van der Waals surface area contributed by atoms with E-state index >= 15 is 0 Å². The standard InChI is InChI=1S/C8H4BrCl2NO2S/c9-7-2-1-5(4-12)6(3-10)8(7)15(11,13)14/h1-2H,3H2. The number of halogens is 3. The lowest BCUT2D eigenvalue weighted by molar-refractivity contribution is 0.608. The molecule has 0 spiro atoms. The van der Waals surface area contributed by atoms with Crippen molar-refractivity contribution < 1.29 is 8.42 Å². The molecule has 0 unspecified atom stereocenters. The van der Waals surface area contributed by atoms with E-state index in [4.69, 9.17) is 27.5 Å². The molecule has 0 N–H and O–H groups in total. The van der Waals surface area contributed by atoms with E-state index in [9.17, 15) is 8.42 Å². The van der Waals surface area contributed by atoms with Crippen LogP contribution in [0.3, 0.4) is 0 Å². The van der Waals surface area contributed by atoms with Crippen LogP contribution in [-0.4, -0.2) is 8.42 Å². The van der Waals surface area contributed by atoms with Crippen molar-refractivity contribution in [2.24, 2.45) is 0 Å². The molecular weight excluding hydrogens is 325 g/mol. The smallest absolute Gasteiger partial charge is 0.207 e. The minimum absolute atomic E-state index is 0.0936. The summed E-state index contributed by atoms with van der Waals surface area (Å²) in [4.78, 5) is -0.141. The number of hydrogen-bond donors (Lipinski definition) is 0. The van der Waals surface area contributed by atoms with Gasteiger partial charge in [-0.3, -0.25) is 0 Å². The second-order valence-electron chi connectivity index (χ2n) is 2.59. The maximum absolute atomic E-state index is 11.3. The van der Waals surface area contributed by atoms with E-state index < -0.39 is 9.05 Å². The Morgan fingerprint density at radius 3 is 2.47 bits per heavy atom. The van der Waals surface area contributed by atoms with Crippen LogP contribution in [0.5, 0.6) is 0 Å². The van der Waals surface area contributed by atoms with Crippen molar-refractivity contribution >= 4 is 47.3 Å². The zero-order valence-electron chi connectivity index (χ0n) is 7.17. The number of nitrogens with zero attached hydrogens (tertiary/aromatic N) is 1. The van der Waals surface area contributed by atoms with Crippen LogP contribution in [0.4, 0.5) is 0 Å². The Labute approximate surface area is 105 Å². The summed E-state index contributed by atoms with van der Waals surface area (Å²) in [6, 6.07) is 4.79. The van der Waals surface area contributed by atoms with Gasteiger partial charge in [-0.05, 0) is 28.1 Å². The number of rotatable bonds is 2. The van der Waals surface area contributed by atoms with Crippen LogP contribution in [0.1, 0.15) is 11.1 Å². The van der Waals surface area contributed by atoms with E-state index in [2.05, 4.69) is 15.9 Å². The largest absolute Gasteiger partial charge is 0.262 e. The molecule has 0 amide bonds. The fraction of sp³-hybridized carbons (Fsp3) is 0.125. The Morgan fingerprint density at radius 1 is 1.47 bits per heavy atom. The summed E-state index contributed by atoms with van der Waals surface area (Å²) in [7, 11) is 1.33. The minimum Gasteiger partial charge on any atom is -0.207 e. The topological polar surface area (TPSA) is 57.9 Å². The molecule has 0 aliphatic rings. The third kappa shape index (κ3) is 2.64. The van der Waals surface area contributed by atoms with Gasteiger partial charge in [-0.1, -0.05) is 0 Å². The average Bonchev–Trinajstić information content (AvgIpc) is 2.15. The summed E-state index contributed by atoms with van der Waals surface area (Å²) in [5, 5.41) is 8.77. The molecule has 0 radical (unpaired) electrons. The van der Waals surface area contributed by atoms with Crippen molar-refractivity contribution in [3.63, 3.8) is 0 Å². The summed E-state index contributed by atoms with van der Waals surface area (Å²) < 4.78 is 22.8. The average molecular weight is 329 g/mol. The van der Waals surface area contributed by atoms with Crippen LogP contribution >= 0.6 is 38.2 Å². The molecule has 0 aromatic heterocycles. The zero-order chi connectivity index (χ0) is 11.6. The van der Waals surface area contributed by atoms with Crippen molar-refractivity contribution in [2.45, 2.75) is 10.8 Å². The monoisotopic (exact) mass is 327 g/mol. The molecule has 0 saturated heterocycles. The van der Waals surface area contributed by atoms with Gasteiger partial charge in [0.2, 0.25) is 0 Å². The van der Waals surface area contributed by atoms with Crippen LogP contribution in [0, 0.1) is 11.3 Å². The molecule has 80 valence electrons. The third-order valence-corrected chi connectivity index (χ3v) is 4.32. The summed E-state index contributed by atoms with van der Waals surface area (Å²) in [5.41, 5.74) is 0.413. The number of benzene rings is 1. The quantitative estimate of drug-likeness (QED) is 0.619. The second-order valence-corrected chi connectivity index (χ2v) is 6.21. The van der Waals surface area contributed by atoms with E-state index in [0.717, 1.165) is 0 Å². The Kier molecular flexibility index (Phi) is 4.01. The molecule has 0 heterocycles. The van der Waals surface area contributed by atoms with Gasteiger partial charge < -0.3 is 0 Å². The van der Waals surface area contributed by atoms with E-state index in [0.29, 0.717) is 4.47 Å². The van der Waals surface area contributed by atoms with Crippen molar-refractivity contribution in [1.82, 2.24) is 0 Å². The highest BCUT2D eigenvalue weighted by molar-refractivity contribution is 9.10. The third-order valence-electron chi connectivity index (χ3n) is 1.71. The highest BCUT2D eigenvalue weighted by atomic mass is 79.9. The highest BCUT2D eigenvalue weighted by Crippen LogP contribution is 2.31. The molecule has 3 nitrogen and oxygen atoms in total. The first-order valence-electron chi connectivity index (χ1n) is 3.64. The van der Waals surface area contributed by atoms with Crippen LogP contribution in [0.25, 0.3) is 0 Å². The van der Waals surface area contributed by atoms with Gasteiger partial charge in [0.15, 0.2) is 0 Å². The fourth-order valence-corrected chi connectivity index (χ4v) is 4.05. The van der Waals surface area contributed by atoms with Gasteiger partial charge in [-0.15, -0.1) is 11.6 Å². The molecule has 7 heteroatoms. The van der Waals surface area contributed by atoms with Gasteiger partial charge in [0.1, 0.15) is 4.90 Å². The van der Waals surface area contributed by atoms with Gasteiger partial charge in [0, 0.05) is 20.7 Å². The van der Waals surface area contributed by atoms with Gasteiger partial charge in [0.05, 0.1) is 17.5 Å². The van der Waals surface area contributed by atoms with Gasteiger partial charge in [0.25, 0.3) is 9.05 Å². The highest BCUT2D eigenvalue weighted by Gasteiger charge is 2.21. The lowest BCUT2D eigenvalue weighted by Crippen LogP contribution is -2.00. The van der Waals surface area contributed by atoms with Gasteiger partial charge in [-0.2, -0.15) is 5.26 Å².